The molecular weight excluding hydrogens is 986 g/mol. The molecule has 0 rings (SSSR count). The lowest BCUT2D eigenvalue weighted by Gasteiger charge is -2.21. The van der Waals surface area contributed by atoms with E-state index in [1.165, 1.54) is 0 Å². The molecule has 0 aromatic rings. The van der Waals surface area contributed by atoms with E-state index in [1.807, 2.05) is 48.5 Å². The number of carbonyl (C=O) groups is 8. The van der Waals surface area contributed by atoms with Crippen LogP contribution in [0.4, 0.5) is 13.2 Å². The number of halogens is 3. The molecule has 4 N–H and O–H groups in total. The number of nitrogens with zero attached hydrogens (tertiary/aromatic N) is 2. The van der Waals surface area contributed by atoms with Gasteiger partial charge in [-0.05, 0) is 90.0 Å². The second-order valence-corrected chi connectivity index (χ2v) is 17.2. The Balaban J connectivity index is -0.000000158. The number of carboxylic acid groups (broad SMARTS) is 3. The normalized spacial score (nSPS) is 10.2. The van der Waals surface area contributed by atoms with Gasteiger partial charge in [0.2, 0.25) is 0 Å². The van der Waals surface area contributed by atoms with E-state index in [0.717, 1.165) is 13.2 Å². The van der Waals surface area contributed by atoms with Crippen LogP contribution >= 0.6 is 0 Å². The highest BCUT2D eigenvalue weighted by Gasteiger charge is 2.38. The second kappa shape index (κ2) is 42.0. The molecule has 0 atom stereocenters. The van der Waals surface area contributed by atoms with E-state index >= 15 is 0 Å². The molecule has 0 heterocycles. The van der Waals surface area contributed by atoms with Crippen molar-refractivity contribution in [3.8, 4) is 0 Å². The van der Waals surface area contributed by atoms with Gasteiger partial charge in [0.1, 0.15) is 16.8 Å². The number of likely N-dealkylation sites (N-methyl/N-ethyl adjacent to an activating group) is 2. The van der Waals surface area contributed by atoms with Crippen LogP contribution in [0.25, 0.3) is 0 Å². The monoisotopic (exact) mass is 1070 g/mol. The molecule has 0 saturated carbocycles. The number of aliphatic hydroxyl groups is 1. The van der Waals surface area contributed by atoms with Crippen molar-refractivity contribution >= 4 is 47.6 Å². The number of amides is 2. The molecule has 2 amide bonds. The Bertz CT molecular complexity index is 1760. The molecule has 0 aromatic carbocycles. The minimum absolute atomic E-state index is 0. The molecule has 0 radical (unpaired) electrons. The van der Waals surface area contributed by atoms with E-state index in [9.17, 15) is 46.7 Å². The SMILES string of the molecule is C.C=C(COCC(=C)C(=O)N(CC)CC)C(=O)N(CC)CC.C=C(COCC(=C)C(=O)O)C(=O)O.C=C(COCC(=C)C(=O)OC(C)(C)C)C(=O)OC(C)(C)C.C=CC(=O)OC(C)(C)C.CO.O=C(O)C(F)(F)F. The molecular formula is C51H85F3N2O18. The third-order valence-electron chi connectivity index (χ3n) is 7.16. The summed E-state index contributed by atoms with van der Waals surface area (Å²) < 4.78 is 62.2. The van der Waals surface area contributed by atoms with Crippen molar-refractivity contribution in [2.24, 2.45) is 0 Å². The van der Waals surface area contributed by atoms with Crippen molar-refractivity contribution in [2.45, 2.75) is 120 Å². The molecule has 0 aromatic heterocycles. The van der Waals surface area contributed by atoms with Gasteiger partial charge in [0.15, 0.2) is 0 Å². The quantitative estimate of drug-likeness (QED) is 0.0443. The van der Waals surface area contributed by atoms with Crippen LogP contribution in [0.3, 0.4) is 0 Å². The van der Waals surface area contributed by atoms with Gasteiger partial charge in [0.05, 0.1) is 61.9 Å². The fourth-order valence-corrected chi connectivity index (χ4v) is 3.77. The molecule has 74 heavy (non-hydrogen) atoms. The van der Waals surface area contributed by atoms with Crippen LogP contribution in [0.2, 0.25) is 0 Å². The van der Waals surface area contributed by atoms with Crippen LogP contribution in [0.1, 0.15) is 97.4 Å². The molecule has 0 spiro atoms. The maximum Gasteiger partial charge on any atom is 0.490 e. The molecule has 0 aliphatic carbocycles. The Kier molecular flexibility index (Phi) is 46.3. The lowest BCUT2D eigenvalue weighted by molar-refractivity contribution is -0.192. The largest absolute Gasteiger partial charge is 0.490 e. The van der Waals surface area contributed by atoms with E-state index in [2.05, 4.69) is 46.1 Å². The minimum atomic E-state index is -5.08. The summed E-state index contributed by atoms with van der Waals surface area (Å²) in [5.41, 5.74) is -0.672. The van der Waals surface area contributed by atoms with Crippen molar-refractivity contribution in [3.05, 3.63) is 85.6 Å². The number of hydrogen-bond donors (Lipinski definition) is 4. The summed E-state index contributed by atoms with van der Waals surface area (Å²) >= 11 is 0. The standard InChI is InChI=1S/C16H28N2O3.C16H26O5.C8H10O5.C7H12O2.C2HF3O2.CH4O.CH4/c1-7-17(8-2)15(19)13(5)11-21-12-14(6)16(20)18(9-3)10-4;1-11(13(17)20-15(3,4)5)9-19-10-12(2)14(18)21-16(6,7)8;1-5(7(9)10)3-13-4-6(2)8(11)12;1-5-6(8)9-7(2,3)4;3-2(4,5)1(6)7;1-2;/h5-12H2,1-4H3;1-2,9-10H2,3-8H3;1-4H2,(H,9,10)(H,11,12);5H,1H2,2-4H3;(H,6,7);2H,1H3;1H4. The summed E-state index contributed by atoms with van der Waals surface area (Å²) in [6.45, 7) is 50.3. The predicted octanol–water partition coefficient (Wildman–Crippen LogP) is 7.33. The van der Waals surface area contributed by atoms with Crippen molar-refractivity contribution < 1.29 is 100 Å². The number of ether oxygens (including phenoxy) is 6. The van der Waals surface area contributed by atoms with Crippen LogP contribution in [0.15, 0.2) is 85.6 Å². The molecule has 0 aliphatic rings. The molecule has 20 nitrogen and oxygen atoms in total. The third-order valence-corrected chi connectivity index (χ3v) is 7.16. The number of hydrogen-bond acceptors (Lipinski definition) is 15. The first-order valence-electron chi connectivity index (χ1n) is 22.0. The molecule has 23 heteroatoms. The smallest absolute Gasteiger partial charge is 0.478 e. The number of carboxylic acids is 3. The summed E-state index contributed by atoms with van der Waals surface area (Å²) in [5.74, 6) is -6.73. The molecule has 0 unspecified atom stereocenters. The van der Waals surface area contributed by atoms with Crippen molar-refractivity contribution in [1.82, 2.24) is 9.80 Å². The van der Waals surface area contributed by atoms with E-state index in [1.54, 1.807) is 51.3 Å². The Morgan fingerprint density at radius 1 is 0.459 bits per heavy atom. The Hall–Kier alpha value is -6.43. The number of aliphatic hydroxyl groups excluding tert-OH is 1. The Morgan fingerprint density at radius 3 is 0.838 bits per heavy atom. The van der Waals surface area contributed by atoms with Crippen LogP contribution in [0.5, 0.6) is 0 Å². The van der Waals surface area contributed by atoms with Gasteiger partial charge in [-0.25, -0.2) is 28.8 Å². The topological polar surface area (TPSA) is 279 Å². The first-order valence-corrected chi connectivity index (χ1v) is 22.0. The summed E-state index contributed by atoms with van der Waals surface area (Å²) in [6.07, 6.45) is -3.93. The van der Waals surface area contributed by atoms with E-state index < -0.39 is 52.8 Å². The van der Waals surface area contributed by atoms with Gasteiger partial charge < -0.3 is 58.6 Å². The number of carbonyl (C=O) groups excluding carboxylic acids is 5. The Morgan fingerprint density at radius 2 is 0.676 bits per heavy atom. The first-order chi connectivity index (χ1) is 33.1. The highest BCUT2D eigenvalue weighted by molar-refractivity contribution is 5.94. The molecule has 0 fully saturated rings. The van der Waals surface area contributed by atoms with Gasteiger partial charge in [0.25, 0.3) is 11.8 Å². The molecule has 428 valence electrons. The number of esters is 3. The summed E-state index contributed by atoms with van der Waals surface area (Å²) in [6, 6.07) is 0. The number of aliphatic carboxylic acids is 3. The highest BCUT2D eigenvalue weighted by Crippen LogP contribution is 2.14. The average Bonchev–Trinajstić information content (AvgIpc) is 3.26. The van der Waals surface area contributed by atoms with E-state index in [0.29, 0.717) is 37.3 Å². The first kappa shape index (κ1) is 81.6. The minimum Gasteiger partial charge on any atom is -0.478 e. The highest BCUT2D eigenvalue weighted by atomic mass is 19.4. The van der Waals surface area contributed by atoms with Gasteiger partial charge in [-0.15, -0.1) is 0 Å². The van der Waals surface area contributed by atoms with Crippen molar-refractivity contribution in [3.63, 3.8) is 0 Å². The van der Waals surface area contributed by atoms with E-state index in [4.69, 9.17) is 53.6 Å². The van der Waals surface area contributed by atoms with Gasteiger partial charge in [-0.1, -0.05) is 53.5 Å². The third kappa shape index (κ3) is 49.2. The van der Waals surface area contributed by atoms with Gasteiger partial charge >= 0.3 is 42.0 Å². The average molecular weight is 1070 g/mol. The second-order valence-electron chi connectivity index (χ2n) is 17.2. The van der Waals surface area contributed by atoms with Gasteiger partial charge in [-0.3, -0.25) is 9.59 Å². The van der Waals surface area contributed by atoms with Crippen LogP contribution in [0, 0.1) is 0 Å². The lowest BCUT2D eigenvalue weighted by Crippen LogP contribution is -2.34. The zero-order chi connectivity index (χ0) is 59.3. The molecule has 0 aliphatic heterocycles. The van der Waals surface area contributed by atoms with Crippen LogP contribution < -0.4 is 0 Å². The van der Waals surface area contributed by atoms with Crippen LogP contribution in [-0.2, 0) is 66.8 Å². The fraction of sp³-hybridized carbons (Fsp3) is 0.569. The maximum atomic E-state index is 12.0. The summed E-state index contributed by atoms with van der Waals surface area (Å²) in [4.78, 5) is 90.3. The van der Waals surface area contributed by atoms with Crippen LogP contribution in [-0.4, -0.2) is 174 Å². The summed E-state index contributed by atoms with van der Waals surface area (Å²) in [5, 5.41) is 30.8. The van der Waals surface area contributed by atoms with Crippen molar-refractivity contribution in [2.75, 3.05) is 72.9 Å². The maximum absolute atomic E-state index is 12.0. The van der Waals surface area contributed by atoms with Crippen molar-refractivity contribution in [1.29, 1.82) is 0 Å². The fourth-order valence-electron chi connectivity index (χ4n) is 3.77. The Labute approximate surface area is 435 Å². The van der Waals surface area contributed by atoms with Gasteiger partial charge in [0, 0.05) is 50.5 Å². The lowest BCUT2D eigenvalue weighted by atomic mass is 10.2. The molecule has 0 saturated heterocycles. The number of rotatable bonds is 23. The molecule has 0 bridgehead atoms. The summed E-state index contributed by atoms with van der Waals surface area (Å²) in [7, 11) is 1.00. The predicted molar refractivity (Wildman–Crippen MR) is 275 cm³/mol. The number of alkyl halides is 3. The van der Waals surface area contributed by atoms with E-state index in [-0.39, 0.29) is 87.1 Å². The van der Waals surface area contributed by atoms with Gasteiger partial charge in [-0.2, -0.15) is 13.2 Å². The zero-order valence-electron chi connectivity index (χ0n) is 45.1. The zero-order valence-corrected chi connectivity index (χ0v) is 45.1.